The van der Waals surface area contributed by atoms with E-state index in [-0.39, 0.29) is 11.8 Å². The van der Waals surface area contributed by atoms with Gasteiger partial charge in [0.1, 0.15) is 0 Å². The predicted octanol–water partition coefficient (Wildman–Crippen LogP) is 4.09. The highest BCUT2D eigenvalue weighted by molar-refractivity contribution is 8.27. The number of halogens is 1. The number of likely N-dealkylation sites (N-methyl/N-ethyl adjacent to an activating group) is 1. The molecule has 0 N–H and O–H groups in total. The van der Waals surface area contributed by atoms with Crippen LogP contribution in [-0.2, 0) is 9.59 Å². The normalized spacial score (nSPS) is 19.8. The minimum absolute atomic E-state index is 0.201. The molecule has 124 valence electrons. The van der Waals surface area contributed by atoms with Crippen LogP contribution in [-0.4, -0.2) is 23.2 Å². The van der Waals surface area contributed by atoms with Gasteiger partial charge in [0.05, 0.1) is 21.9 Å². The topological polar surface area (TPSA) is 40.6 Å². The molecule has 2 aromatic carbocycles. The van der Waals surface area contributed by atoms with Crippen molar-refractivity contribution < 1.29 is 9.59 Å². The molecule has 0 spiro atoms. The first-order valence-electron chi connectivity index (χ1n) is 7.42. The zero-order valence-corrected chi connectivity index (χ0v) is 15.4. The van der Waals surface area contributed by atoms with Crippen molar-refractivity contribution in [2.75, 3.05) is 16.8 Å². The molecule has 7 heteroatoms. The minimum Gasteiger partial charge on any atom is -0.311 e. The van der Waals surface area contributed by atoms with Crippen molar-refractivity contribution in [3.05, 3.63) is 64.0 Å². The Morgan fingerprint density at radius 2 is 1.80 bits per heavy atom. The zero-order chi connectivity index (χ0) is 17.7. The van der Waals surface area contributed by atoms with Gasteiger partial charge < -0.3 is 4.90 Å². The molecular formula is C18H11ClN2O2S2. The highest BCUT2D eigenvalue weighted by Crippen LogP contribution is 2.45. The van der Waals surface area contributed by atoms with Gasteiger partial charge in [-0.05, 0) is 24.3 Å². The molecule has 25 heavy (non-hydrogen) atoms. The number of carbonyl (C=O) groups is 2. The SMILES string of the molecule is CN1C(=O)C(=C2SC(=S)N(c3cccc(Cl)c3)C2=O)c2ccccc21. The van der Waals surface area contributed by atoms with Crippen LogP contribution in [0, 0.1) is 0 Å². The third kappa shape index (κ3) is 2.49. The second-order valence-electron chi connectivity index (χ2n) is 5.57. The minimum atomic E-state index is -0.300. The Morgan fingerprint density at radius 3 is 2.56 bits per heavy atom. The maximum Gasteiger partial charge on any atom is 0.271 e. The molecule has 2 aliphatic rings. The van der Waals surface area contributed by atoms with Crippen LogP contribution in [0.3, 0.4) is 0 Å². The van der Waals surface area contributed by atoms with E-state index in [9.17, 15) is 9.59 Å². The van der Waals surface area contributed by atoms with E-state index >= 15 is 0 Å². The Bertz CT molecular complexity index is 987. The van der Waals surface area contributed by atoms with Gasteiger partial charge in [-0.1, -0.05) is 59.8 Å². The fourth-order valence-electron chi connectivity index (χ4n) is 2.95. The lowest BCUT2D eigenvalue weighted by Crippen LogP contribution is -2.28. The van der Waals surface area contributed by atoms with Crippen molar-refractivity contribution >= 4 is 68.7 Å². The summed E-state index contributed by atoms with van der Waals surface area (Å²) >= 11 is 12.6. The summed E-state index contributed by atoms with van der Waals surface area (Å²) < 4.78 is 0.384. The third-order valence-electron chi connectivity index (χ3n) is 4.12. The number of hydrogen-bond donors (Lipinski definition) is 0. The van der Waals surface area contributed by atoms with E-state index < -0.39 is 0 Å². The molecule has 4 nitrogen and oxygen atoms in total. The Hall–Kier alpha value is -2.15. The number of carbonyl (C=O) groups excluding carboxylic acids is 2. The second kappa shape index (κ2) is 5.98. The lowest BCUT2D eigenvalue weighted by atomic mass is 10.1. The lowest BCUT2D eigenvalue weighted by molar-refractivity contribution is -0.115. The van der Waals surface area contributed by atoms with E-state index in [1.54, 1.807) is 36.2 Å². The molecule has 1 saturated heterocycles. The summed E-state index contributed by atoms with van der Waals surface area (Å²) in [5, 5.41) is 0.515. The lowest BCUT2D eigenvalue weighted by Gasteiger charge is -2.14. The molecule has 2 amide bonds. The molecule has 4 rings (SSSR count). The molecule has 0 aromatic heterocycles. The smallest absolute Gasteiger partial charge is 0.271 e. The van der Waals surface area contributed by atoms with Gasteiger partial charge in [-0.15, -0.1) is 0 Å². The summed E-state index contributed by atoms with van der Waals surface area (Å²) in [4.78, 5) is 29.1. The number of thiocarbonyl (C=S) groups is 1. The van der Waals surface area contributed by atoms with Crippen LogP contribution in [0.15, 0.2) is 53.4 Å². The van der Waals surface area contributed by atoms with Crippen molar-refractivity contribution in [2.24, 2.45) is 0 Å². The van der Waals surface area contributed by atoms with E-state index in [0.717, 1.165) is 23.0 Å². The standard InChI is InChI=1S/C18H11ClN2O2S2/c1-20-13-8-3-2-7-12(13)14(16(20)22)15-17(23)21(18(24)25-15)11-6-4-5-10(19)9-11/h2-9H,1H3. The molecule has 0 radical (unpaired) electrons. The summed E-state index contributed by atoms with van der Waals surface area (Å²) in [6, 6.07) is 14.3. The van der Waals surface area contributed by atoms with Crippen molar-refractivity contribution in [3.8, 4) is 0 Å². The van der Waals surface area contributed by atoms with Gasteiger partial charge in [0.15, 0.2) is 4.32 Å². The summed E-state index contributed by atoms with van der Waals surface area (Å²) in [5.74, 6) is -0.501. The Morgan fingerprint density at radius 1 is 1.04 bits per heavy atom. The molecular weight excluding hydrogens is 376 g/mol. The number of amides is 2. The van der Waals surface area contributed by atoms with Crippen LogP contribution in [0.4, 0.5) is 11.4 Å². The summed E-state index contributed by atoms with van der Waals surface area (Å²) in [6.45, 7) is 0. The molecule has 0 unspecified atom stereocenters. The van der Waals surface area contributed by atoms with Crippen LogP contribution in [0.5, 0.6) is 0 Å². The van der Waals surface area contributed by atoms with Gasteiger partial charge in [0.25, 0.3) is 11.8 Å². The first-order valence-corrected chi connectivity index (χ1v) is 9.03. The first kappa shape index (κ1) is 16.3. The molecule has 0 bridgehead atoms. The van der Waals surface area contributed by atoms with Gasteiger partial charge in [0, 0.05) is 17.6 Å². The van der Waals surface area contributed by atoms with Gasteiger partial charge in [-0.3, -0.25) is 14.5 Å². The van der Waals surface area contributed by atoms with E-state index in [1.807, 2.05) is 24.3 Å². The molecule has 2 aliphatic heterocycles. The van der Waals surface area contributed by atoms with E-state index in [0.29, 0.717) is 25.5 Å². The molecule has 0 aliphatic carbocycles. The maximum atomic E-state index is 13.0. The van der Waals surface area contributed by atoms with Crippen LogP contribution in [0.25, 0.3) is 5.57 Å². The molecule has 1 fully saturated rings. The van der Waals surface area contributed by atoms with E-state index in [4.69, 9.17) is 23.8 Å². The summed E-state index contributed by atoms with van der Waals surface area (Å²) in [5.41, 5.74) is 2.54. The van der Waals surface area contributed by atoms with Crippen molar-refractivity contribution in [1.29, 1.82) is 0 Å². The largest absolute Gasteiger partial charge is 0.311 e. The van der Waals surface area contributed by atoms with Crippen molar-refractivity contribution in [2.45, 2.75) is 0 Å². The number of fused-ring (bicyclic) bond motifs is 1. The van der Waals surface area contributed by atoms with Gasteiger partial charge >= 0.3 is 0 Å². The number of anilines is 2. The molecule has 2 heterocycles. The van der Waals surface area contributed by atoms with Crippen LogP contribution < -0.4 is 9.80 Å². The maximum absolute atomic E-state index is 13.0. The second-order valence-corrected chi connectivity index (χ2v) is 7.65. The number of nitrogens with zero attached hydrogens (tertiary/aromatic N) is 2. The van der Waals surface area contributed by atoms with E-state index in [1.165, 1.54) is 4.90 Å². The quantitative estimate of drug-likeness (QED) is 0.546. The monoisotopic (exact) mass is 386 g/mol. The number of thioether (sulfide) groups is 1. The van der Waals surface area contributed by atoms with Crippen molar-refractivity contribution in [1.82, 2.24) is 0 Å². The Kier molecular flexibility index (Phi) is 3.91. The predicted molar refractivity (Wildman–Crippen MR) is 106 cm³/mol. The third-order valence-corrected chi connectivity index (χ3v) is 5.72. The number of benzene rings is 2. The van der Waals surface area contributed by atoms with Crippen LogP contribution >= 0.6 is 35.6 Å². The summed E-state index contributed by atoms with van der Waals surface area (Å²) in [6.07, 6.45) is 0. The average Bonchev–Trinajstić information content (AvgIpc) is 3.02. The highest BCUT2D eigenvalue weighted by atomic mass is 35.5. The number of para-hydroxylation sites is 1. The van der Waals surface area contributed by atoms with Crippen molar-refractivity contribution in [3.63, 3.8) is 0 Å². The Labute approximate surface area is 159 Å². The van der Waals surface area contributed by atoms with Gasteiger partial charge in [0.2, 0.25) is 0 Å². The first-order chi connectivity index (χ1) is 12.0. The van der Waals surface area contributed by atoms with Crippen LogP contribution in [0.2, 0.25) is 5.02 Å². The zero-order valence-electron chi connectivity index (χ0n) is 13.0. The molecule has 0 atom stereocenters. The molecule has 0 saturated carbocycles. The Balaban J connectivity index is 1.85. The average molecular weight is 387 g/mol. The van der Waals surface area contributed by atoms with E-state index in [2.05, 4.69) is 0 Å². The fourth-order valence-corrected chi connectivity index (χ4v) is 4.50. The molecule has 2 aromatic rings. The number of hydrogen-bond acceptors (Lipinski definition) is 4. The van der Waals surface area contributed by atoms with Gasteiger partial charge in [-0.25, -0.2) is 0 Å². The number of rotatable bonds is 1. The van der Waals surface area contributed by atoms with Crippen LogP contribution in [0.1, 0.15) is 5.56 Å². The summed E-state index contributed by atoms with van der Waals surface area (Å²) in [7, 11) is 1.70. The van der Waals surface area contributed by atoms with Gasteiger partial charge in [-0.2, -0.15) is 0 Å². The fraction of sp³-hybridized carbons (Fsp3) is 0.0556. The highest BCUT2D eigenvalue weighted by Gasteiger charge is 2.41.